The number of hydrazine groups is 1. The lowest BCUT2D eigenvalue weighted by atomic mass is 10.0. The van der Waals surface area contributed by atoms with Crippen molar-refractivity contribution in [3.05, 3.63) is 36.7 Å². The molecule has 0 aliphatic carbocycles. The number of hydrogen-bond acceptors (Lipinski definition) is 8. The third kappa shape index (κ3) is 5.01. The van der Waals surface area contributed by atoms with E-state index >= 15 is 0 Å². The van der Waals surface area contributed by atoms with E-state index in [1.165, 1.54) is 6.33 Å². The van der Waals surface area contributed by atoms with Crippen molar-refractivity contribution in [3.63, 3.8) is 0 Å². The Kier molecular flexibility index (Phi) is 6.49. The van der Waals surface area contributed by atoms with Gasteiger partial charge in [-0.05, 0) is 45.1 Å². The smallest absolute Gasteiger partial charge is 0.276 e. The van der Waals surface area contributed by atoms with Gasteiger partial charge in [-0.3, -0.25) is 15.6 Å². The number of nitrogens with zero attached hydrogens (tertiary/aromatic N) is 4. The molecule has 2 heterocycles. The Morgan fingerprint density at radius 3 is 2.71 bits per heavy atom. The predicted octanol–water partition coefficient (Wildman–Crippen LogP) is 1.11. The van der Waals surface area contributed by atoms with Gasteiger partial charge in [-0.15, -0.1) is 0 Å². The summed E-state index contributed by atoms with van der Waals surface area (Å²) in [6, 6.07) is 9.51. The number of para-hydroxylation sites is 1. The van der Waals surface area contributed by atoms with Gasteiger partial charge >= 0.3 is 0 Å². The highest BCUT2D eigenvalue weighted by atomic mass is 16.5. The molecule has 3 rings (SSSR count). The number of likely N-dealkylation sites (tertiary alicyclic amines) is 1. The maximum atomic E-state index is 12.0. The number of piperidine rings is 1. The van der Waals surface area contributed by atoms with Gasteiger partial charge in [0, 0.05) is 13.1 Å². The summed E-state index contributed by atoms with van der Waals surface area (Å²) < 4.78 is 5.41. The van der Waals surface area contributed by atoms with E-state index < -0.39 is 0 Å². The molecule has 1 amide bonds. The van der Waals surface area contributed by atoms with Crippen molar-refractivity contribution in [2.24, 2.45) is 0 Å². The lowest BCUT2D eigenvalue weighted by Gasteiger charge is -2.36. The van der Waals surface area contributed by atoms with Crippen molar-refractivity contribution in [1.29, 1.82) is 0 Å². The number of carbonyl (C=O) groups is 1. The number of aromatic nitrogens is 2. The summed E-state index contributed by atoms with van der Waals surface area (Å²) in [6.07, 6.45) is 3.53. The largest absolute Gasteiger partial charge is 0.484 e. The SMILES string of the molecule is CN1CCC(N(C)c2ncnc(NNC(=O)COc3ccccc3)c2N)CC1. The third-order valence-electron chi connectivity index (χ3n) is 4.87. The van der Waals surface area contributed by atoms with Crippen LogP contribution in [-0.2, 0) is 4.79 Å². The molecular weight excluding hydrogens is 358 g/mol. The zero-order valence-electron chi connectivity index (χ0n) is 16.3. The molecule has 0 bridgehead atoms. The first-order chi connectivity index (χ1) is 13.5. The topological polar surface area (TPSA) is 109 Å². The van der Waals surface area contributed by atoms with Crippen LogP contribution in [0.25, 0.3) is 0 Å². The lowest BCUT2D eigenvalue weighted by Crippen LogP contribution is -2.42. The van der Waals surface area contributed by atoms with E-state index in [1.54, 1.807) is 12.1 Å². The molecule has 9 nitrogen and oxygen atoms in total. The van der Waals surface area contributed by atoms with Crippen LogP contribution in [0.2, 0.25) is 0 Å². The molecule has 0 unspecified atom stereocenters. The maximum Gasteiger partial charge on any atom is 0.276 e. The number of rotatable bonds is 7. The van der Waals surface area contributed by atoms with Crippen LogP contribution in [0.5, 0.6) is 5.75 Å². The second-order valence-electron chi connectivity index (χ2n) is 6.88. The van der Waals surface area contributed by atoms with Crippen molar-refractivity contribution in [3.8, 4) is 5.75 Å². The van der Waals surface area contributed by atoms with Crippen LogP contribution in [0.3, 0.4) is 0 Å². The van der Waals surface area contributed by atoms with Crippen LogP contribution < -0.4 is 26.2 Å². The molecule has 0 radical (unpaired) electrons. The molecule has 1 aliphatic rings. The van der Waals surface area contributed by atoms with Gasteiger partial charge < -0.3 is 20.3 Å². The number of nitrogens with one attached hydrogen (secondary N) is 2. The molecule has 0 spiro atoms. The summed E-state index contributed by atoms with van der Waals surface area (Å²) in [5.41, 5.74) is 12.0. The Morgan fingerprint density at radius 2 is 2.00 bits per heavy atom. The van der Waals surface area contributed by atoms with Crippen molar-refractivity contribution in [1.82, 2.24) is 20.3 Å². The molecular formula is C19H27N7O2. The second kappa shape index (κ2) is 9.23. The molecule has 1 aromatic heterocycles. The Balaban J connectivity index is 1.56. The van der Waals surface area contributed by atoms with Crippen LogP contribution in [0, 0.1) is 0 Å². The average Bonchev–Trinajstić information content (AvgIpc) is 2.72. The highest BCUT2D eigenvalue weighted by molar-refractivity contribution is 5.81. The third-order valence-corrected chi connectivity index (χ3v) is 4.87. The molecule has 28 heavy (non-hydrogen) atoms. The zero-order valence-corrected chi connectivity index (χ0v) is 16.3. The minimum absolute atomic E-state index is 0.121. The van der Waals surface area contributed by atoms with Crippen molar-refractivity contribution in [2.75, 3.05) is 49.9 Å². The maximum absolute atomic E-state index is 12.0. The normalized spacial score (nSPS) is 15.1. The molecule has 1 fully saturated rings. The van der Waals surface area contributed by atoms with E-state index in [0.29, 0.717) is 29.1 Å². The summed E-state index contributed by atoms with van der Waals surface area (Å²) in [5.74, 6) is 1.30. The van der Waals surface area contributed by atoms with Gasteiger partial charge in [-0.2, -0.15) is 0 Å². The van der Waals surface area contributed by atoms with Gasteiger partial charge in [0.1, 0.15) is 17.8 Å². The summed E-state index contributed by atoms with van der Waals surface area (Å²) in [7, 11) is 4.12. The van der Waals surface area contributed by atoms with Crippen LogP contribution in [0.1, 0.15) is 12.8 Å². The van der Waals surface area contributed by atoms with E-state index in [4.69, 9.17) is 10.5 Å². The van der Waals surface area contributed by atoms with E-state index in [2.05, 4.69) is 37.7 Å². The molecule has 2 aromatic rings. The van der Waals surface area contributed by atoms with Gasteiger partial charge in [-0.25, -0.2) is 9.97 Å². The number of benzene rings is 1. The number of carbonyl (C=O) groups excluding carboxylic acids is 1. The standard InChI is InChI=1S/C19H27N7O2/c1-25-10-8-14(9-11-25)26(2)19-17(20)18(21-13-22-19)24-23-16(27)12-28-15-6-4-3-5-7-15/h3-7,13-14H,8-12,20H2,1-2H3,(H,23,27)(H,21,22,24). The average molecular weight is 385 g/mol. The summed E-state index contributed by atoms with van der Waals surface area (Å²) in [6.45, 7) is 1.97. The number of ether oxygens (including phenoxy) is 1. The van der Waals surface area contributed by atoms with Gasteiger partial charge in [-0.1, -0.05) is 18.2 Å². The molecule has 0 saturated carbocycles. The predicted molar refractivity (Wildman–Crippen MR) is 109 cm³/mol. The number of amides is 1. The number of nitrogens with two attached hydrogens (primary N) is 1. The number of anilines is 3. The van der Waals surface area contributed by atoms with Gasteiger partial charge in [0.15, 0.2) is 18.2 Å². The summed E-state index contributed by atoms with van der Waals surface area (Å²) in [4.78, 5) is 24.9. The fraction of sp³-hybridized carbons (Fsp3) is 0.421. The highest BCUT2D eigenvalue weighted by Crippen LogP contribution is 2.28. The van der Waals surface area contributed by atoms with Crippen molar-refractivity contribution >= 4 is 23.2 Å². The summed E-state index contributed by atoms with van der Waals surface area (Å²) >= 11 is 0. The Bertz CT molecular complexity index is 779. The first-order valence-electron chi connectivity index (χ1n) is 9.29. The minimum Gasteiger partial charge on any atom is -0.484 e. The van der Waals surface area contributed by atoms with Gasteiger partial charge in [0.05, 0.1) is 0 Å². The highest BCUT2D eigenvalue weighted by Gasteiger charge is 2.23. The number of hydrogen-bond donors (Lipinski definition) is 3. The monoisotopic (exact) mass is 385 g/mol. The van der Waals surface area contributed by atoms with E-state index in [9.17, 15) is 4.79 Å². The number of nitrogen functional groups attached to an aromatic ring is 1. The van der Waals surface area contributed by atoms with E-state index in [-0.39, 0.29) is 12.5 Å². The second-order valence-corrected chi connectivity index (χ2v) is 6.88. The van der Waals surface area contributed by atoms with Crippen LogP contribution in [0.15, 0.2) is 36.7 Å². The molecule has 150 valence electrons. The zero-order chi connectivity index (χ0) is 19.9. The Hall–Kier alpha value is -3.07. The Labute approximate surface area is 164 Å². The fourth-order valence-corrected chi connectivity index (χ4v) is 3.15. The molecule has 1 saturated heterocycles. The van der Waals surface area contributed by atoms with Crippen LogP contribution >= 0.6 is 0 Å². The minimum atomic E-state index is -0.341. The van der Waals surface area contributed by atoms with Crippen LogP contribution in [0.4, 0.5) is 17.3 Å². The quantitative estimate of drug-likeness (QED) is 0.608. The Morgan fingerprint density at radius 1 is 1.29 bits per heavy atom. The molecule has 0 atom stereocenters. The van der Waals surface area contributed by atoms with Crippen molar-refractivity contribution in [2.45, 2.75) is 18.9 Å². The van der Waals surface area contributed by atoms with Gasteiger partial charge in [0.2, 0.25) is 0 Å². The van der Waals surface area contributed by atoms with E-state index in [0.717, 1.165) is 25.9 Å². The molecule has 9 heteroatoms. The first-order valence-corrected chi connectivity index (χ1v) is 9.29. The molecule has 1 aromatic carbocycles. The molecule has 4 N–H and O–H groups in total. The molecule has 1 aliphatic heterocycles. The summed E-state index contributed by atoms with van der Waals surface area (Å²) in [5, 5.41) is 0. The fourth-order valence-electron chi connectivity index (χ4n) is 3.15. The van der Waals surface area contributed by atoms with Crippen molar-refractivity contribution < 1.29 is 9.53 Å². The first kappa shape index (κ1) is 19.7. The van der Waals surface area contributed by atoms with Gasteiger partial charge in [0.25, 0.3) is 5.91 Å². The van der Waals surface area contributed by atoms with E-state index in [1.807, 2.05) is 25.2 Å². The lowest BCUT2D eigenvalue weighted by molar-refractivity contribution is -0.122. The van der Waals surface area contributed by atoms with Crippen LogP contribution in [-0.4, -0.2) is 60.6 Å².